The van der Waals surface area contributed by atoms with Crippen molar-refractivity contribution in [2.45, 2.75) is 33.1 Å². The number of benzene rings is 2. The first-order valence-corrected chi connectivity index (χ1v) is 10.6. The Balaban J connectivity index is 1.74. The summed E-state index contributed by atoms with van der Waals surface area (Å²) in [6.45, 7) is 4.55. The van der Waals surface area contributed by atoms with Gasteiger partial charge in [0.25, 0.3) is 11.5 Å². The predicted octanol–water partition coefficient (Wildman–Crippen LogP) is 4.20. The number of carbonyl (C=O) groups excluding carboxylic acids is 2. The molecule has 0 radical (unpaired) electrons. The van der Waals surface area contributed by atoms with Crippen molar-refractivity contribution < 1.29 is 9.59 Å². The molecule has 1 aromatic heterocycles. The number of amides is 1. The maximum Gasteiger partial charge on any atom is 0.268 e. The lowest BCUT2D eigenvalue weighted by atomic mass is 9.73. The van der Waals surface area contributed by atoms with Crippen molar-refractivity contribution in [1.82, 2.24) is 4.57 Å². The summed E-state index contributed by atoms with van der Waals surface area (Å²) < 4.78 is 1.45. The Kier molecular flexibility index (Phi) is 4.43. The van der Waals surface area contributed by atoms with Gasteiger partial charge in [0.2, 0.25) is 0 Å². The van der Waals surface area contributed by atoms with Gasteiger partial charge in [0.15, 0.2) is 5.78 Å². The highest BCUT2D eigenvalue weighted by Crippen LogP contribution is 2.37. The highest BCUT2D eigenvalue weighted by atomic mass is 16.2. The van der Waals surface area contributed by atoms with Crippen molar-refractivity contribution >= 4 is 17.4 Å². The van der Waals surface area contributed by atoms with Gasteiger partial charge < -0.3 is 4.90 Å². The van der Waals surface area contributed by atoms with E-state index in [4.69, 9.17) is 0 Å². The van der Waals surface area contributed by atoms with E-state index in [9.17, 15) is 14.4 Å². The van der Waals surface area contributed by atoms with Gasteiger partial charge in [-0.15, -0.1) is 0 Å². The zero-order chi connectivity index (χ0) is 21.8. The van der Waals surface area contributed by atoms with Gasteiger partial charge in [-0.3, -0.25) is 19.0 Å². The van der Waals surface area contributed by atoms with E-state index in [0.717, 1.165) is 17.7 Å². The lowest BCUT2D eigenvalue weighted by Gasteiger charge is -2.32. The van der Waals surface area contributed by atoms with Gasteiger partial charge in [0, 0.05) is 36.1 Å². The van der Waals surface area contributed by atoms with E-state index in [2.05, 4.69) is 0 Å². The molecule has 2 heterocycles. The fourth-order valence-corrected chi connectivity index (χ4v) is 4.83. The van der Waals surface area contributed by atoms with Crippen molar-refractivity contribution in [3.8, 4) is 5.69 Å². The summed E-state index contributed by atoms with van der Waals surface area (Å²) in [6, 6.07) is 17.0. The molecule has 0 N–H and O–H groups in total. The van der Waals surface area contributed by atoms with Crippen LogP contribution in [0.5, 0.6) is 0 Å². The van der Waals surface area contributed by atoms with E-state index in [1.165, 1.54) is 4.57 Å². The fourth-order valence-electron chi connectivity index (χ4n) is 4.83. The number of hydrogen-bond acceptors (Lipinski definition) is 3. The van der Waals surface area contributed by atoms with Crippen LogP contribution in [0.1, 0.15) is 52.1 Å². The number of Topliss-reactive ketones (excluding diaryl/α,β-unsaturated/α-hetero) is 1. The lowest BCUT2D eigenvalue weighted by Crippen LogP contribution is -2.40. The van der Waals surface area contributed by atoms with E-state index in [1.54, 1.807) is 11.1 Å². The van der Waals surface area contributed by atoms with Crippen LogP contribution in [-0.2, 0) is 12.8 Å². The van der Waals surface area contributed by atoms with Crippen molar-refractivity contribution in [1.29, 1.82) is 0 Å². The third kappa shape index (κ3) is 3.21. The molecule has 5 heteroatoms. The Morgan fingerprint density at radius 2 is 1.65 bits per heavy atom. The van der Waals surface area contributed by atoms with Gasteiger partial charge in [-0.25, -0.2) is 0 Å². The average Bonchev–Trinajstić information content (AvgIpc) is 3.17. The highest BCUT2D eigenvalue weighted by molar-refractivity contribution is 6.10. The molecule has 0 atom stereocenters. The summed E-state index contributed by atoms with van der Waals surface area (Å²) in [5.74, 6) is -0.339. The SMILES string of the molecule is CC1(C)CC(=O)c2cn(-c3ccccc3)c(=O)c(C(=O)N3CCc4ccccc43)c2C1. The minimum atomic E-state index is -0.371. The van der Waals surface area contributed by atoms with Crippen molar-refractivity contribution in [3.05, 3.63) is 93.4 Å². The number of para-hydroxylation sites is 2. The number of rotatable bonds is 2. The van der Waals surface area contributed by atoms with Gasteiger partial charge in [0.05, 0.1) is 0 Å². The monoisotopic (exact) mass is 412 g/mol. The summed E-state index contributed by atoms with van der Waals surface area (Å²) in [7, 11) is 0. The molecule has 0 spiro atoms. The first-order chi connectivity index (χ1) is 14.9. The molecule has 1 aliphatic heterocycles. The van der Waals surface area contributed by atoms with Crippen LogP contribution < -0.4 is 10.5 Å². The van der Waals surface area contributed by atoms with Crippen molar-refractivity contribution in [2.75, 3.05) is 11.4 Å². The Hall–Kier alpha value is -3.47. The maximum absolute atomic E-state index is 13.8. The highest BCUT2D eigenvalue weighted by Gasteiger charge is 2.38. The normalized spacial score (nSPS) is 16.7. The molecule has 1 aliphatic carbocycles. The molecule has 0 bridgehead atoms. The number of ketones is 1. The van der Waals surface area contributed by atoms with Crippen LogP contribution in [-0.4, -0.2) is 22.8 Å². The number of carbonyl (C=O) groups is 2. The second kappa shape index (κ2) is 7.05. The Labute approximate surface area is 180 Å². The first-order valence-electron chi connectivity index (χ1n) is 10.6. The van der Waals surface area contributed by atoms with Gasteiger partial charge in [-0.2, -0.15) is 0 Å². The quantitative estimate of drug-likeness (QED) is 0.634. The zero-order valence-electron chi connectivity index (χ0n) is 17.7. The van der Waals surface area contributed by atoms with Gasteiger partial charge in [-0.1, -0.05) is 50.2 Å². The predicted molar refractivity (Wildman–Crippen MR) is 120 cm³/mol. The largest absolute Gasteiger partial charge is 0.308 e. The molecule has 1 amide bonds. The van der Waals surface area contributed by atoms with Crippen LogP contribution >= 0.6 is 0 Å². The molecule has 156 valence electrons. The lowest BCUT2D eigenvalue weighted by molar-refractivity contribution is 0.0910. The summed E-state index contributed by atoms with van der Waals surface area (Å²) in [5, 5.41) is 0. The molecule has 31 heavy (non-hydrogen) atoms. The first kappa shape index (κ1) is 19.5. The average molecular weight is 412 g/mol. The second-order valence-corrected chi connectivity index (χ2v) is 9.18. The summed E-state index contributed by atoms with van der Waals surface area (Å²) in [6.07, 6.45) is 3.30. The third-order valence-corrected chi connectivity index (χ3v) is 6.29. The molecule has 5 nitrogen and oxygen atoms in total. The van der Waals surface area contributed by atoms with Crippen molar-refractivity contribution in [2.24, 2.45) is 5.41 Å². The summed E-state index contributed by atoms with van der Waals surface area (Å²) in [5.41, 5.74) is 3.12. The number of anilines is 1. The number of nitrogens with zero attached hydrogens (tertiary/aromatic N) is 2. The Bertz CT molecular complexity index is 1270. The third-order valence-electron chi connectivity index (χ3n) is 6.29. The second-order valence-electron chi connectivity index (χ2n) is 9.18. The number of pyridine rings is 1. The van der Waals surface area contributed by atoms with Crippen LogP contribution in [0.2, 0.25) is 0 Å². The maximum atomic E-state index is 13.8. The van der Waals surface area contributed by atoms with E-state index in [0.29, 0.717) is 36.2 Å². The van der Waals surface area contributed by atoms with Crippen LogP contribution in [0, 0.1) is 5.41 Å². The minimum absolute atomic E-state index is 0.0215. The topological polar surface area (TPSA) is 59.4 Å². The van der Waals surface area contributed by atoms with Crippen LogP contribution in [0.3, 0.4) is 0 Å². The smallest absolute Gasteiger partial charge is 0.268 e. The van der Waals surface area contributed by atoms with E-state index in [-0.39, 0.29) is 28.2 Å². The molecule has 0 fully saturated rings. The molecule has 0 saturated heterocycles. The number of aromatic nitrogens is 1. The Morgan fingerprint density at radius 3 is 2.42 bits per heavy atom. The minimum Gasteiger partial charge on any atom is -0.308 e. The molecule has 3 aromatic rings. The van der Waals surface area contributed by atoms with Crippen LogP contribution in [0.4, 0.5) is 5.69 Å². The molecular weight excluding hydrogens is 388 g/mol. The van der Waals surface area contributed by atoms with Gasteiger partial charge in [0.1, 0.15) is 5.56 Å². The van der Waals surface area contributed by atoms with Crippen LogP contribution in [0.15, 0.2) is 65.6 Å². The van der Waals surface area contributed by atoms with Crippen molar-refractivity contribution in [3.63, 3.8) is 0 Å². The van der Waals surface area contributed by atoms with E-state index >= 15 is 0 Å². The van der Waals surface area contributed by atoms with E-state index < -0.39 is 0 Å². The fraction of sp³-hybridized carbons (Fsp3) is 0.269. The summed E-state index contributed by atoms with van der Waals surface area (Å²) >= 11 is 0. The van der Waals surface area contributed by atoms with Crippen LogP contribution in [0.25, 0.3) is 5.69 Å². The molecule has 5 rings (SSSR count). The van der Waals surface area contributed by atoms with Gasteiger partial charge in [-0.05, 0) is 47.6 Å². The zero-order valence-corrected chi connectivity index (χ0v) is 17.7. The standard InChI is InChI=1S/C26H24N2O3/c1-26(2)14-19-20(22(29)15-26)16-28(18-9-4-3-5-10-18)25(31)23(19)24(30)27-13-12-17-8-6-7-11-21(17)27/h3-11,16H,12-15H2,1-2H3. The van der Waals surface area contributed by atoms with Gasteiger partial charge >= 0.3 is 0 Å². The Morgan fingerprint density at radius 1 is 0.935 bits per heavy atom. The number of fused-ring (bicyclic) bond motifs is 2. The molecule has 0 unspecified atom stereocenters. The number of hydrogen-bond donors (Lipinski definition) is 0. The van der Waals surface area contributed by atoms with E-state index in [1.807, 2.05) is 68.4 Å². The summed E-state index contributed by atoms with van der Waals surface area (Å²) in [4.78, 5) is 42.2. The molecular formula is C26H24N2O3. The molecule has 0 saturated carbocycles. The molecule has 2 aromatic carbocycles. The molecule has 2 aliphatic rings.